The summed E-state index contributed by atoms with van der Waals surface area (Å²) in [6, 6.07) is 11.3. The van der Waals surface area contributed by atoms with E-state index in [4.69, 9.17) is 16.3 Å². The smallest absolute Gasteiger partial charge is 0.254 e. The summed E-state index contributed by atoms with van der Waals surface area (Å²) >= 11 is 6.10. The molecule has 5 nitrogen and oxygen atoms in total. The summed E-state index contributed by atoms with van der Waals surface area (Å²) in [5.74, 6) is -0.799. The number of fused-ring (bicyclic) bond motifs is 5. The SMILES string of the molecule is O=C1[C@@H]2[C@H](C(=O)N1N=Cc1cc(Cl)ccc1OCc1ccccc1F)[C@H]1C=C[C@H]2C1. The lowest BCUT2D eigenvalue weighted by Gasteiger charge is -2.13. The summed E-state index contributed by atoms with van der Waals surface area (Å²) in [4.78, 5) is 25.5. The van der Waals surface area contributed by atoms with Gasteiger partial charge in [0.15, 0.2) is 0 Å². The molecule has 0 aromatic heterocycles. The maximum atomic E-state index is 13.9. The van der Waals surface area contributed by atoms with Crippen LogP contribution in [0, 0.1) is 29.5 Å². The van der Waals surface area contributed by atoms with E-state index in [1.54, 1.807) is 36.4 Å². The fourth-order valence-electron chi connectivity index (χ4n) is 4.64. The van der Waals surface area contributed by atoms with Gasteiger partial charge in [0, 0.05) is 16.1 Å². The molecule has 30 heavy (non-hydrogen) atoms. The van der Waals surface area contributed by atoms with Crippen LogP contribution in [0.25, 0.3) is 0 Å². The van der Waals surface area contributed by atoms with Crippen LogP contribution >= 0.6 is 11.6 Å². The monoisotopic (exact) mass is 424 g/mol. The van der Waals surface area contributed by atoms with Crippen molar-refractivity contribution in [2.45, 2.75) is 13.0 Å². The maximum Gasteiger partial charge on any atom is 0.254 e. The highest BCUT2D eigenvalue weighted by Crippen LogP contribution is 2.52. The van der Waals surface area contributed by atoms with Crippen LogP contribution < -0.4 is 4.74 Å². The van der Waals surface area contributed by atoms with Crippen LogP contribution in [0.4, 0.5) is 4.39 Å². The molecule has 5 rings (SSSR count). The number of halogens is 2. The average Bonchev–Trinajstić information content (AvgIpc) is 3.41. The van der Waals surface area contributed by atoms with Gasteiger partial charge < -0.3 is 4.74 Å². The van der Waals surface area contributed by atoms with E-state index in [2.05, 4.69) is 5.10 Å². The number of benzene rings is 2. The van der Waals surface area contributed by atoms with Gasteiger partial charge in [-0.3, -0.25) is 9.59 Å². The van der Waals surface area contributed by atoms with E-state index < -0.39 is 0 Å². The second-order valence-corrected chi connectivity index (χ2v) is 8.23. The highest BCUT2D eigenvalue weighted by molar-refractivity contribution is 6.31. The largest absolute Gasteiger partial charge is 0.488 e. The third-order valence-electron chi connectivity index (χ3n) is 6.07. The van der Waals surface area contributed by atoms with Crippen molar-refractivity contribution in [2.75, 3.05) is 0 Å². The number of hydrogen-bond donors (Lipinski definition) is 0. The number of nitrogens with zero attached hydrogens (tertiary/aromatic N) is 2. The van der Waals surface area contributed by atoms with Crippen molar-refractivity contribution < 1.29 is 18.7 Å². The summed E-state index contributed by atoms with van der Waals surface area (Å²) in [6.07, 6.45) is 6.34. The summed E-state index contributed by atoms with van der Waals surface area (Å²) in [5, 5.41) is 5.60. The van der Waals surface area contributed by atoms with Gasteiger partial charge in [-0.25, -0.2) is 4.39 Å². The predicted molar refractivity (Wildman–Crippen MR) is 109 cm³/mol. The van der Waals surface area contributed by atoms with Gasteiger partial charge in [-0.05, 0) is 42.5 Å². The first-order valence-corrected chi connectivity index (χ1v) is 10.2. The summed E-state index contributed by atoms with van der Waals surface area (Å²) in [7, 11) is 0. The lowest BCUT2D eigenvalue weighted by molar-refractivity contribution is -0.140. The number of imide groups is 1. The Labute approximate surface area is 177 Å². The number of amides is 2. The summed E-state index contributed by atoms with van der Waals surface area (Å²) in [6.45, 7) is 0.0237. The Bertz CT molecular complexity index is 1070. The van der Waals surface area contributed by atoms with Crippen LogP contribution in [0.1, 0.15) is 17.5 Å². The van der Waals surface area contributed by atoms with Gasteiger partial charge in [0.25, 0.3) is 11.8 Å². The van der Waals surface area contributed by atoms with Crippen molar-refractivity contribution in [2.24, 2.45) is 28.8 Å². The molecule has 0 N–H and O–H groups in total. The summed E-state index contributed by atoms with van der Waals surface area (Å²) < 4.78 is 19.6. The molecule has 3 aliphatic rings. The van der Waals surface area contributed by atoms with Crippen LogP contribution in [-0.4, -0.2) is 23.0 Å². The van der Waals surface area contributed by atoms with E-state index in [1.807, 2.05) is 12.2 Å². The standard InChI is InChI=1S/C23H18ClFN2O3/c24-17-7-8-19(30-12-15-3-1-2-4-18(15)25)16(10-17)11-26-27-22(28)20-13-5-6-14(9-13)21(20)23(27)29/h1-8,10-11,13-14,20-21H,9,12H2/t13-,14-,20-,21+/m0/s1. The highest BCUT2D eigenvalue weighted by atomic mass is 35.5. The molecule has 7 heteroatoms. The molecule has 0 unspecified atom stereocenters. The van der Waals surface area contributed by atoms with Crippen LogP contribution in [0.15, 0.2) is 59.7 Å². The molecule has 1 aliphatic heterocycles. The molecule has 0 radical (unpaired) electrons. The first kappa shape index (κ1) is 19.0. The Morgan fingerprint density at radius 3 is 2.50 bits per heavy atom. The van der Waals surface area contributed by atoms with Gasteiger partial charge in [-0.1, -0.05) is 42.0 Å². The molecule has 2 aromatic carbocycles. The first-order valence-electron chi connectivity index (χ1n) is 9.79. The number of hydrogen-bond acceptors (Lipinski definition) is 4. The van der Waals surface area contributed by atoms with Crippen LogP contribution in [0.3, 0.4) is 0 Å². The lowest BCUT2D eigenvalue weighted by Crippen LogP contribution is -2.28. The molecule has 0 spiro atoms. The van der Waals surface area contributed by atoms with E-state index in [9.17, 15) is 14.0 Å². The Kier molecular flexibility index (Phi) is 4.66. The lowest BCUT2D eigenvalue weighted by atomic mass is 9.85. The Morgan fingerprint density at radius 2 is 1.80 bits per heavy atom. The Morgan fingerprint density at radius 1 is 1.10 bits per heavy atom. The number of carbonyl (C=O) groups is 2. The zero-order valence-corrected chi connectivity index (χ0v) is 16.6. The van der Waals surface area contributed by atoms with E-state index in [0.29, 0.717) is 21.9 Å². The van der Waals surface area contributed by atoms with Crippen molar-refractivity contribution in [1.29, 1.82) is 0 Å². The third-order valence-corrected chi connectivity index (χ3v) is 6.31. The Hall–Kier alpha value is -2.99. The highest BCUT2D eigenvalue weighted by Gasteiger charge is 2.59. The van der Waals surface area contributed by atoms with Gasteiger partial charge in [0.2, 0.25) is 0 Å². The predicted octanol–water partition coefficient (Wildman–Crippen LogP) is 4.20. The molecule has 2 aliphatic carbocycles. The quantitative estimate of drug-likeness (QED) is 0.410. The number of ether oxygens (including phenoxy) is 1. The minimum Gasteiger partial charge on any atom is -0.488 e. The molecular weight excluding hydrogens is 407 g/mol. The molecule has 2 aromatic rings. The Balaban J connectivity index is 1.36. The van der Waals surface area contributed by atoms with E-state index in [0.717, 1.165) is 11.4 Å². The molecule has 2 bridgehead atoms. The first-order chi connectivity index (χ1) is 14.5. The fraction of sp³-hybridized carbons (Fsp3) is 0.261. The zero-order chi connectivity index (χ0) is 20.8. The molecule has 1 heterocycles. The van der Waals surface area contributed by atoms with Crippen LogP contribution in [0.5, 0.6) is 5.75 Å². The molecule has 1 saturated carbocycles. The zero-order valence-electron chi connectivity index (χ0n) is 15.9. The van der Waals surface area contributed by atoms with Crippen molar-refractivity contribution in [3.63, 3.8) is 0 Å². The van der Waals surface area contributed by atoms with Crippen LogP contribution in [0.2, 0.25) is 5.02 Å². The van der Waals surface area contributed by atoms with E-state index in [1.165, 1.54) is 12.3 Å². The molecule has 152 valence electrons. The molecular formula is C23H18ClFN2O3. The van der Waals surface area contributed by atoms with Gasteiger partial charge >= 0.3 is 0 Å². The van der Waals surface area contributed by atoms with E-state index >= 15 is 0 Å². The van der Waals surface area contributed by atoms with Crippen molar-refractivity contribution in [3.05, 3.63) is 76.6 Å². The van der Waals surface area contributed by atoms with Gasteiger partial charge in [-0.15, -0.1) is 0 Å². The van der Waals surface area contributed by atoms with Crippen molar-refractivity contribution >= 4 is 29.6 Å². The normalized spacial score (nSPS) is 26.8. The fourth-order valence-corrected chi connectivity index (χ4v) is 4.82. The number of hydrazone groups is 1. The average molecular weight is 425 g/mol. The second kappa shape index (κ2) is 7.36. The van der Waals surface area contributed by atoms with Gasteiger partial charge in [0.05, 0.1) is 18.1 Å². The third kappa shape index (κ3) is 3.12. The molecule has 1 saturated heterocycles. The van der Waals surface area contributed by atoms with Crippen molar-refractivity contribution in [3.8, 4) is 5.75 Å². The maximum absolute atomic E-state index is 13.9. The molecule has 2 fully saturated rings. The number of rotatable bonds is 5. The van der Waals surface area contributed by atoms with Gasteiger partial charge in [-0.2, -0.15) is 10.1 Å². The molecule has 2 amide bonds. The number of carbonyl (C=O) groups excluding carboxylic acids is 2. The summed E-state index contributed by atoms with van der Waals surface area (Å²) in [5.41, 5.74) is 0.911. The molecule has 4 atom stereocenters. The number of allylic oxidation sites excluding steroid dienone is 2. The minimum absolute atomic E-state index is 0.0237. The van der Waals surface area contributed by atoms with Crippen molar-refractivity contribution in [1.82, 2.24) is 5.01 Å². The van der Waals surface area contributed by atoms with E-state index in [-0.39, 0.29) is 47.9 Å². The van der Waals surface area contributed by atoms with Crippen LogP contribution in [-0.2, 0) is 16.2 Å². The van der Waals surface area contributed by atoms with Gasteiger partial charge in [0.1, 0.15) is 18.2 Å². The second-order valence-electron chi connectivity index (χ2n) is 7.79. The topological polar surface area (TPSA) is 59.0 Å². The minimum atomic E-state index is -0.357.